The van der Waals surface area contributed by atoms with E-state index in [-0.39, 0.29) is 13.0 Å². The fourth-order valence-electron chi connectivity index (χ4n) is 1.61. The third-order valence-electron chi connectivity index (χ3n) is 2.54. The summed E-state index contributed by atoms with van der Waals surface area (Å²) in [5.41, 5.74) is 0. The number of carbonyl (C=O) groups excluding carboxylic acids is 1. The summed E-state index contributed by atoms with van der Waals surface area (Å²) in [5.74, 6) is -0.0135. The van der Waals surface area contributed by atoms with Crippen molar-refractivity contribution in [3.05, 3.63) is 0 Å². The Morgan fingerprint density at radius 3 is 2.76 bits per heavy atom. The number of thioether (sulfide) groups is 1. The van der Waals surface area contributed by atoms with E-state index in [0.717, 1.165) is 12.2 Å². The molecule has 6 nitrogen and oxygen atoms in total. The highest BCUT2D eigenvalue weighted by Gasteiger charge is 2.20. The number of carboxylic acids is 1. The minimum Gasteiger partial charge on any atom is -0.480 e. The minimum atomic E-state index is -1.13. The molecule has 1 rings (SSSR count). The Hall–Kier alpha value is -0.950. The molecule has 1 saturated heterocycles. The molecule has 1 aliphatic heterocycles. The average molecular weight is 262 g/mol. The van der Waals surface area contributed by atoms with Crippen molar-refractivity contribution in [3.63, 3.8) is 0 Å². The average Bonchev–Trinajstić information content (AvgIpc) is 2.78. The molecule has 17 heavy (non-hydrogen) atoms. The van der Waals surface area contributed by atoms with Gasteiger partial charge in [-0.2, -0.15) is 11.8 Å². The first-order chi connectivity index (χ1) is 8.13. The van der Waals surface area contributed by atoms with Gasteiger partial charge in [0, 0.05) is 24.8 Å². The van der Waals surface area contributed by atoms with Crippen LogP contribution in [0.5, 0.6) is 0 Å². The lowest BCUT2D eigenvalue weighted by molar-refractivity contribution is -0.139. The number of aliphatic hydroxyl groups excluding tert-OH is 1. The molecular weight excluding hydrogens is 244 g/mol. The summed E-state index contributed by atoms with van der Waals surface area (Å²) >= 11 is 1.82. The number of nitrogens with one attached hydrogen (secondary N) is 2. The highest BCUT2D eigenvalue weighted by atomic mass is 32.2. The van der Waals surface area contributed by atoms with Crippen molar-refractivity contribution in [2.45, 2.75) is 30.6 Å². The van der Waals surface area contributed by atoms with Crippen LogP contribution in [0.3, 0.4) is 0 Å². The van der Waals surface area contributed by atoms with Crippen LogP contribution in [0.4, 0.5) is 4.79 Å². The molecule has 4 N–H and O–H groups in total. The lowest BCUT2D eigenvalue weighted by Gasteiger charge is -2.15. The van der Waals surface area contributed by atoms with Gasteiger partial charge in [0.05, 0.1) is 0 Å². The molecule has 1 heterocycles. The van der Waals surface area contributed by atoms with E-state index in [9.17, 15) is 9.59 Å². The van der Waals surface area contributed by atoms with Gasteiger partial charge < -0.3 is 20.8 Å². The first-order valence-electron chi connectivity index (χ1n) is 5.63. The van der Waals surface area contributed by atoms with E-state index in [1.165, 1.54) is 6.42 Å². The van der Waals surface area contributed by atoms with Crippen molar-refractivity contribution < 1.29 is 19.8 Å². The number of rotatable bonds is 6. The van der Waals surface area contributed by atoms with Crippen molar-refractivity contribution in [1.29, 1.82) is 0 Å². The van der Waals surface area contributed by atoms with Crippen molar-refractivity contribution in [1.82, 2.24) is 10.6 Å². The highest BCUT2D eigenvalue weighted by molar-refractivity contribution is 8.00. The van der Waals surface area contributed by atoms with Gasteiger partial charge in [0.1, 0.15) is 6.04 Å². The van der Waals surface area contributed by atoms with Gasteiger partial charge in [-0.05, 0) is 18.6 Å². The van der Waals surface area contributed by atoms with Gasteiger partial charge in [-0.25, -0.2) is 9.59 Å². The first kappa shape index (κ1) is 14.1. The van der Waals surface area contributed by atoms with Gasteiger partial charge in [-0.1, -0.05) is 0 Å². The summed E-state index contributed by atoms with van der Waals surface area (Å²) in [5, 5.41) is 22.8. The predicted molar refractivity (Wildman–Crippen MR) is 65.1 cm³/mol. The molecule has 7 heteroatoms. The summed E-state index contributed by atoms with van der Waals surface area (Å²) in [7, 11) is 0. The number of hydrogen-bond acceptors (Lipinski definition) is 4. The van der Waals surface area contributed by atoms with Crippen LogP contribution in [-0.2, 0) is 4.79 Å². The minimum absolute atomic E-state index is 0.0148. The van der Waals surface area contributed by atoms with Crippen LogP contribution in [0.15, 0.2) is 0 Å². The zero-order valence-electron chi connectivity index (χ0n) is 9.52. The SMILES string of the molecule is O=C(NCC1CCCS1)NC(CCO)C(=O)O. The molecule has 98 valence electrons. The zero-order chi connectivity index (χ0) is 12.7. The predicted octanol–water partition coefficient (Wildman–Crippen LogP) is 0.0168. The van der Waals surface area contributed by atoms with Gasteiger partial charge in [0.2, 0.25) is 0 Å². The molecule has 2 amide bonds. The quantitative estimate of drug-likeness (QED) is 0.541. The normalized spacial score (nSPS) is 20.9. The smallest absolute Gasteiger partial charge is 0.326 e. The fourth-order valence-corrected chi connectivity index (χ4v) is 2.81. The number of aliphatic carboxylic acids is 1. The van der Waals surface area contributed by atoms with Crippen LogP contribution >= 0.6 is 11.8 Å². The summed E-state index contributed by atoms with van der Waals surface area (Å²) in [4.78, 5) is 22.1. The lowest BCUT2D eigenvalue weighted by atomic mass is 10.2. The van der Waals surface area contributed by atoms with Gasteiger partial charge in [0.25, 0.3) is 0 Å². The second-order valence-electron chi connectivity index (χ2n) is 3.89. The molecular formula is C10H18N2O4S. The maximum atomic E-state index is 11.4. The summed E-state index contributed by atoms with van der Waals surface area (Å²) in [6.45, 7) is 0.289. The molecule has 0 bridgehead atoms. The second kappa shape index (κ2) is 7.39. The standard InChI is InChI=1S/C10H18N2O4S/c13-4-3-8(9(14)15)12-10(16)11-6-7-2-1-5-17-7/h7-8,13H,1-6H2,(H,14,15)(H2,11,12,16). The van der Waals surface area contributed by atoms with E-state index < -0.39 is 18.0 Å². The molecule has 0 radical (unpaired) electrons. The zero-order valence-corrected chi connectivity index (χ0v) is 10.3. The molecule has 0 aromatic rings. The third kappa shape index (κ3) is 5.27. The van der Waals surface area contributed by atoms with Crippen molar-refractivity contribution >= 4 is 23.8 Å². The molecule has 1 fully saturated rings. The summed E-state index contributed by atoms with van der Waals surface area (Å²) in [6.07, 6.45) is 2.27. The van der Waals surface area contributed by atoms with E-state index in [1.807, 2.05) is 11.8 Å². The van der Waals surface area contributed by atoms with Crippen LogP contribution in [0.25, 0.3) is 0 Å². The molecule has 2 unspecified atom stereocenters. The van der Waals surface area contributed by atoms with E-state index >= 15 is 0 Å². The molecule has 0 spiro atoms. The Morgan fingerprint density at radius 2 is 2.24 bits per heavy atom. The number of aliphatic hydroxyl groups is 1. The van der Waals surface area contributed by atoms with Crippen molar-refractivity contribution in [3.8, 4) is 0 Å². The third-order valence-corrected chi connectivity index (χ3v) is 3.93. The maximum absolute atomic E-state index is 11.4. The van der Waals surface area contributed by atoms with Gasteiger partial charge in [-0.3, -0.25) is 0 Å². The topological polar surface area (TPSA) is 98.7 Å². The Morgan fingerprint density at radius 1 is 1.47 bits per heavy atom. The van der Waals surface area contributed by atoms with E-state index in [0.29, 0.717) is 11.8 Å². The van der Waals surface area contributed by atoms with Crippen LogP contribution in [0.1, 0.15) is 19.3 Å². The van der Waals surface area contributed by atoms with Gasteiger partial charge >= 0.3 is 12.0 Å². The number of urea groups is 1. The van der Waals surface area contributed by atoms with Crippen LogP contribution in [0.2, 0.25) is 0 Å². The number of hydrogen-bond donors (Lipinski definition) is 4. The molecule has 2 atom stereocenters. The van der Waals surface area contributed by atoms with Crippen LogP contribution in [0, 0.1) is 0 Å². The number of carboxylic acid groups (broad SMARTS) is 1. The van der Waals surface area contributed by atoms with Crippen LogP contribution in [-0.4, -0.2) is 52.4 Å². The van der Waals surface area contributed by atoms with Gasteiger partial charge in [0.15, 0.2) is 0 Å². The Balaban J connectivity index is 2.23. The van der Waals surface area contributed by atoms with Crippen LogP contribution < -0.4 is 10.6 Å². The first-order valence-corrected chi connectivity index (χ1v) is 6.68. The summed E-state index contributed by atoms with van der Waals surface area (Å²) in [6, 6.07) is -1.52. The van der Waals surface area contributed by atoms with Gasteiger partial charge in [-0.15, -0.1) is 0 Å². The van der Waals surface area contributed by atoms with E-state index in [1.54, 1.807) is 0 Å². The molecule has 0 saturated carbocycles. The van der Waals surface area contributed by atoms with E-state index in [4.69, 9.17) is 10.2 Å². The second-order valence-corrected chi connectivity index (χ2v) is 5.30. The molecule has 1 aliphatic rings. The van der Waals surface area contributed by atoms with Crippen molar-refractivity contribution in [2.75, 3.05) is 18.9 Å². The lowest BCUT2D eigenvalue weighted by Crippen LogP contribution is -2.47. The van der Waals surface area contributed by atoms with E-state index in [2.05, 4.69) is 10.6 Å². The molecule has 0 aliphatic carbocycles. The molecule has 0 aromatic heterocycles. The fraction of sp³-hybridized carbons (Fsp3) is 0.800. The Bertz CT molecular complexity index is 269. The highest BCUT2D eigenvalue weighted by Crippen LogP contribution is 2.25. The van der Waals surface area contributed by atoms with Crippen molar-refractivity contribution in [2.24, 2.45) is 0 Å². The summed E-state index contributed by atoms with van der Waals surface area (Å²) < 4.78 is 0. The number of amides is 2. The maximum Gasteiger partial charge on any atom is 0.326 e. The molecule has 0 aromatic carbocycles. The largest absolute Gasteiger partial charge is 0.480 e. The number of carbonyl (C=O) groups is 2. The monoisotopic (exact) mass is 262 g/mol. The Labute approximate surface area is 104 Å². The Kier molecular flexibility index (Phi) is 6.13.